The number of aliphatic carboxylic acids is 1. The van der Waals surface area contributed by atoms with Crippen LogP contribution >= 0.6 is 0 Å². The Morgan fingerprint density at radius 1 is 0.404 bits per heavy atom. The lowest BCUT2D eigenvalue weighted by atomic mass is 10.0. The minimum absolute atomic E-state index is 0.339. The molecule has 0 fully saturated rings. The first-order valence-electron chi connectivity index (χ1n) is 23.7. The number of hydrogen-bond donors (Lipinski definition) is 1. The summed E-state index contributed by atoms with van der Waals surface area (Å²) in [6.07, 6.45) is 55.6. The molecule has 0 radical (unpaired) electrons. The van der Waals surface area contributed by atoms with E-state index in [1.54, 1.807) is 0 Å². The van der Waals surface area contributed by atoms with Crippen molar-refractivity contribution >= 4 is 11.9 Å². The third-order valence-electron chi connectivity index (χ3n) is 11.0. The molecule has 0 aromatic heterocycles. The SMILES string of the molecule is CCCCCCCC/C=C\CCCCCCCCCCCCCC(=O)OC(CCCCCCCCCCCCCCCCCCCCCC)C(=O)O. The minimum Gasteiger partial charge on any atom is -0.479 e. The molecule has 0 amide bonds. The van der Waals surface area contributed by atoms with Crippen molar-refractivity contribution in [1.29, 1.82) is 0 Å². The Morgan fingerprint density at radius 3 is 0.981 bits per heavy atom. The summed E-state index contributed by atoms with van der Waals surface area (Å²) in [4.78, 5) is 23.9. The Balaban J connectivity index is 3.46. The van der Waals surface area contributed by atoms with Crippen LogP contribution in [0.4, 0.5) is 0 Å². The van der Waals surface area contributed by atoms with Gasteiger partial charge in [0.05, 0.1) is 0 Å². The van der Waals surface area contributed by atoms with E-state index >= 15 is 0 Å². The fraction of sp³-hybridized carbons (Fsp3) is 0.917. The highest BCUT2D eigenvalue weighted by Crippen LogP contribution is 2.17. The number of ether oxygens (including phenoxy) is 1. The van der Waals surface area contributed by atoms with Crippen molar-refractivity contribution < 1.29 is 19.4 Å². The predicted molar refractivity (Wildman–Crippen MR) is 227 cm³/mol. The second-order valence-corrected chi connectivity index (χ2v) is 16.3. The molecule has 0 rings (SSSR count). The van der Waals surface area contributed by atoms with Gasteiger partial charge in [0.2, 0.25) is 0 Å². The van der Waals surface area contributed by atoms with Crippen LogP contribution in [0.1, 0.15) is 277 Å². The maximum absolute atomic E-state index is 12.3. The van der Waals surface area contributed by atoms with Crippen molar-refractivity contribution in [2.75, 3.05) is 0 Å². The summed E-state index contributed by atoms with van der Waals surface area (Å²) >= 11 is 0. The molecule has 4 nitrogen and oxygen atoms in total. The van der Waals surface area contributed by atoms with Crippen molar-refractivity contribution in [2.24, 2.45) is 0 Å². The molecule has 308 valence electrons. The second-order valence-electron chi connectivity index (χ2n) is 16.3. The van der Waals surface area contributed by atoms with Gasteiger partial charge in [-0.3, -0.25) is 4.79 Å². The van der Waals surface area contributed by atoms with Crippen molar-refractivity contribution in [3.05, 3.63) is 12.2 Å². The van der Waals surface area contributed by atoms with Gasteiger partial charge in [0.15, 0.2) is 6.10 Å². The van der Waals surface area contributed by atoms with Gasteiger partial charge in [0, 0.05) is 6.42 Å². The fourth-order valence-corrected chi connectivity index (χ4v) is 7.44. The number of carboxylic acid groups (broad SMARTS) is 1. The van der Waals surface area contributed by atoms with Crippen LogP contribution in [0.5, 0.6) is 0 Å². The Kier molecular flexibility index (Phi) is 43.0. The molecule has 0 aliphatic carbocycles. The smallest absolute Gasteiger partial charge is 0.345 e. The van der Waals surface area contributed by atoms with Crippen molar-refractivity contribution in [2.45, 2.75) is 283 Å². The quantitative estimate of drug-likeness (QED) is 0.0385. The average Bonchev–Trinajstić information content (AvgIpc) is 3.14. The number of unbranched alkanes of at least 4 members (excludes halogenated alkanes) is 36. The summed E-state index contributed by atoms with van der Waals surface area (Å²) in [7, 11) is 0. The number of carboxylic acids is 1. The summed E-state index contributed by atoms with van der Waals surface area (Å²) in [5, 5.41) is 9.55. The highest BCUT2D eigenvalue weighted by Gasteiger charge is 2.21. The van der Waals surface area contributed by atoms with E-state index in [1.807, 2.05) is 0 Å². The predicted octanol–water partition coefficient (Wildman–Crippen LogP) is 16.6. The molecule has 0 aromatic rings. The Morgan fingerprint density at radius 2 is 0.673 bits per heavy atom. The third kappa shape index (κ3) is 41.4. The lowest BCUT2D eigenvalue weighted by Crippen LogP contribution is -2.27. The normalized spacial score (nSPS) is 12.2. The van der Waals surface area contributed by atoms with Crippen LogP contribution in [0.2, 0.25) is 0 Å². The van der Waals surface area contributed by atoms with Gasteiger partial charge in [-0.25, -0.2) is 4.79 Å². The van der Waals surface area contributed by atoms with Crippen LogP contribution in [-0.4, -0.2) is 23.1 Å². The molecule has 0 aliphatic rings. The van der Waals surface area contributed by atoms with Gasteiger partial charge >= 0.3 is 11.9 Å². The zero-order valence-corrected chi connectivity index (χ0v) is 35.4. The van der Waals surface area contributed by atoms with Gasteiger partial charge < -0.3 is 9.84 Å². The molecule has 52 heavy (non-hydrogen) atoms. The summed E-state index contributed by atoms with van der Waals surface area (Å²) in [6, 6.07) is 0. The minimum atomic E-state index is -0.998. The molecular weight excluding hydrogens is 641 g/mol. The molecule has 0 spiro atoms. The van der Waals surface area contributed by atoms with Gasteiger partial charge in [0.25, 0.3) is 0 Å². The van der Waals surface area contributed by atoms with Crippen molar-refractivity contribution in [3.8, 4) is 0 Å². The van der Waals surface area contributed by atoms with E-state index in [-0.39, 0.29) is 5.97 Å². The van der Waals surface area contributed by atoms with Crippen LogP contribution in [0.3, 0.4) is 0 Å². The van der Waals surface area contributed by atoms with Gasteiger partial charge in [-0.1, -0.05) is 238 Å². The van der Waals surface area contributed by atoms with Crippen LogP contribution in [-0.2, 0) is 14.3 Å². The molecule has 0 saturated carbocycles. The van der Waals surface area contributed by atoms with E-state index in [0.717, 1.165) is 38.5 Å². The first-order valence-corrected chi connectivity index (χ1v) is 23.7. The fourth-order valence-electron chi connectivity index (χ4n) is 7.44. The molecule has 1 N–H and O–H groups in total. The van der Waals surface area contributed by atoms with Crippen molar-refractivity contribution in [3.63, 3.8) is 0 Å². The molecule has 0 aliphatic heterocycles. The molecule has 0 heterocycles. The van der Waals surface area contributed by atoms with Crippen molar-refractivity contribution in [1.82, 2.24) is 0 Å². The summed E-state index contributed by atoms with van der Waals surface area (Å²) in [6.45, 7) is 4.57. The lowest BCUT2D eigenvalue weighted by molar-refractivity contribution is -0.164. The largest absolute Gasteiger partial charge is 0.479 e. The molecule has 0 bridgehead atoms. The highest BCUT2D eigenvalue weighted by molar-refractivity contribution is 5.77. The summed E-state index contributed by atoms with van der Waals surface area (Å²) in [5.41, 5.74) is 0. The van der Waals surface area contributed by atoms with Crippen LogP contribution in [0, 0.1) is 0 Å². The van der Waals surface area contributed by atoms with E-state index in [9.17, 15) is 14.7 Å². The van der Waals surface area contributed by atoms with Crippen LogP contribution in [0.15, 0.2) is 12.2 Å². The maximum Gasteiger partial charge on any atom is 0.345 e. The van der Waals surface area contributed by atoms with Crippen LogP contribution in [0.25, 0.3) is 0 Å². The number of carbonyl (C=O) groups is 2. The van der Waals surface area contributed by atoms with Gasteiger partial charge in [-0.2, -0.15) is 0 Å². The Bertz CT molecular complexity index is 747. The molecule has 1 unspecified atom stereocenters. The number of rotatable bonds is 44. The maximum atomic E-state index is 12.3. The number of hydrogen-bond acceptors (Lipinski definition) is 3. The zero-order valence-electron chi connectivity index (χ0n) is 35.4. The topological polar surface area (TPSA) is 63.6 Å². The van der Waals surface area contributed by atoms with Gasteiger partial charge in [-0.05, 0) is 44.9 Å². The highest BCUT2D eigenvalue weighted by atomic mass is 16.6. The standard InChI is InChI=1S/C48H92O4/c1-3-5-7-9-11-13-15-17-19-21-23-25-27-29-31-33-35-37-39-41-43-45-47(49)52-46(48(50)51)44-42-40-38-36-34-32-30-28-26-24-22-20-18-16-14-12-10-8-6-4-2/h17,19,46H,3-16,18,20-45H2,1-2H3,(H,50,51)/b19-17-. The number of carbonyl (C=O) groups excluding carboxylic acids is 1. The van der Waals surface area contributed by atoms with E-state index in [0.29, 0.717) is 12.8 Å². The van der Waals surface area contributed by atoms with E-state index in [4.69, 9.17) is 4.74 Å². The van der Waals surface area contributed by atoms with Gasteiger partial charge in [-0.15, -0.1) is 0 Å². The zero-order chi connectivity index (χ0) is 37.8. The molecule has 1 atom stereocenters. The third-order valence-corrected chi connectivity index (χ3v) is 11.0. The molecule has 0 aromatic carbocycles. The van der Waals surface area contributed by atoms with Gasteiger partial charge in [0.1, 0.15) is 0 Å². The van der Waals surface area contributed by atoms with E-state index in [2.05, 4.69) is 26.0 Å². The monoisotopic (exact) mass is 733 g/mol. The average molecular weight is 733 g/mol. The molecule has 4 heteroatoms. The van der Waals surface area contributed by atoms with E-state index in [1.165, 1.54) is 212 Å². The Hall–Kier alpha value is -1.32. The molecular formula is C48H92O4. The first-order chi connectivity index (χ1) is 25.6. The lowest BCUT2D eigenvalue weighted by Gasteiger charge is -2.13. The first kappa shape index (κ1) is 50.7. The number of esters is 1. The van der Waals surface area contributed by atoms with Crippen LogP contribution < -0.4 is 0 Å². The van der Waals surface area contributed by atoms with E-state index < -0.39 is 12.1 Å². The Labute approximate surface area is 325 Å². The molecule has 0 saturated heterocycles. The summed E-state index contributed by atoms with van der Waals surface area (Å²) < 4.78 is 5.35. The summed E-state index contributed by atoms with van der Waals surface area (Å²) in [5.74, 6) is -1.34. The second kappa shape index (κ2) is 44.1. The number of allylic oxidation sites excluding steroid dienone is 2.